The number of hydrogen-bond donors (Lipinski definition) is 8. The molecule has 0 spiro atoms. The van der Waals surface area contributed by atoms with Crippen molar-refractivity contribution >= 4 is 47.8 Å². The predicted molar refractivity (Wildman–Crippen MR) is 237 cm³/mol. The van der Waals surface area contributed by atoms with E-state index in [9.17, 15) is 69.0 Å². The third-order valence-electron chi connectivity index (χ3n) is 11.7. The van der Waals surface area contributed by atoms with E-state index in [0.29, 0.717) is 12.8 Å². The van der Waals surface area contributed by atoms with Gasteiger partial charge in [-0.25, -0.2) is 0 Å². The third kappa shape index (κ3) is 28.8. The minimum atomic E-state index is -1.20. The SMILES string of the molecule is CCC(CCC(CCC(CCC(C)C(=O)OCC(O)COCCOCC(O)COC(=O)C(CC)CCC(CCC(CCC(C)C(=O)OCCO)C(=O)O)C(=O)O)C(=O)O)C(=O)O)C(=O)OCCO. The number of esters is 4. The Morgan fingerprint density at radius 3 is 0.941 bits per heavy atom. The first-order valence-electron chi connectivity index (χ1n) is 23.5. The van der Waals surface area contributed by atoms with Gasteiger partial charge >= 0.3 is 47.8 Å². The number of carboxylic acids is 4. The first-order valence-corrected chi connectivity index (χ1v) is 23.5. The molecule has 68 heavy (non-hydrogen) atoms. The van der Waals surface area contributed by atoms with E-state index in [1.165, 1.54) is 6.92 Å². The molecule has 0 aromatic heterocycles. The van der Waals surface area contributed by atoms with Crippen molar-refractivity contribution in [2.24, 2.45) is 47.3 Å². The molecule has 0 aromatic rings. The number of ether oxygens (including phenoxy) is 6. The van der Waals surface area contributed by atoms with E-state index >= 15 is 0 Å². The maximum atomic E-state index is 12.7. The van der Waals surface area contributed by atoms with Crippen molar-refractivity contribution in [2.45, 2.75) is 130 Å². The summed E-state index contributed by atoms with van der Waals surface area (Å²) >= 11 is 0. The van der Waals surface area contributed by atoms with Crippen LogP contribution in [0.4, 0.5) is 0 Å². The number of aliphatic hydroxyl groups is 4. The lowest BCUT2D eigenvalue weighted by Crippen LogP contribution is -2.28. The van der Waals surface area contributed by atoms with E-state index in [2.05, 4.69) is 0 Å². The van der Waals surface area contributed by atoms with Gasteiger partial charge in [0.25, 0.3) is 0 Å². The largest absolute Gasteiger partial charge is 0.481 e. The number of aliphatic hydroxyl groups excluding tert-OH is 4. The molecule has 0 saturated carbocycles. The summed E-state index contributed by atoms with van der Waals surface area (Å²) in [6.45, 7) is 4.31. The van der Waals surface area contributed by atoms with Crippen molar-refractivity contribution in [3.63, 3.8) is 0 Å². The quantitative estimate of drug-likeness (QED) is 0.0247. The summed E-state index contributed by atoms with van der Waals surface area (Å²) in [6, 6.07) is 0. The highest BCUT2D eigenvalue weighted by molar-refractivity contribution is 5.75. The summed E-state index contributed by atoms with van der Waals surface area (Å²) in [6.07, 6.45) is -0.404. The Balaban J connectivity index is 4.56. The molecule has 0 saturated heterocycles. The Bertz CT molecular complexity index is 1490. The molecule has 22 nitrogen and oxygen atoms in total. The zero-order valence-corrected chi connectivity index (χ0v) is 40.0. The molecule has 0 aliphatic heterocycles. The van der Waals surface area contributed by atoms with Crippen molar-refractivity contribution in [3.8, 4) is 0 Å². The lowest BCUT2D eigenvalue weighted by molar-refractivity contribution is -0.154. The lowest BCUT2D eigenvalue weighted by Gasteiger charge is -2.20. The third-order valence-corrected chi connectivity index (χ3v) is 11.7. The number of rotatable bonds is 43. The summed E-state index contributed by atoms with van der Waals surface area (Å²) in [5, 5.41) is 77.0. The van der Waals surface area contributed by atoms with Crippen molar-refractivity contribution in [1.82, 2.24) is 0 Å². The Kier molecular flexibility index (Phi) is 35.0. The number of aliphatic carboxylic acids is 4. The fraction of sp³-hybridized carbons (Fsp3) is 0.826. The Morgan fingerprint density at radius 1 is 0.368 bits per heavy atom. The first-order chi connectivity index (χ1) is 32.2. The van der Waals surface area contributed by atoms with E-state index in [1.807, 2.05) is 0 Å². The molecule has 0 fully saturated rings. The molecule has 8 N–H and O–H groups in total. The Morgan fingerprint density at radius 2 is 0.632 bits per heavy atom. The van der Waals surface area contributed by atoms with Crippen LogP contribution in [-0.4, -0.2) is 167 Å². The van der Waals surface area contributed by atoms with Gasteiger partial charge < -0.3 is 69.3 Å². The molecule has 22 heteroatoms. The van der Waals surface area contributed by atoms with Crippen LogP contribution in [0.1, 0.15) is 118 Å². The van der Waals surface area contributed by atoms with Gasteiger partial charge in [-0.15, -0.1) is 0 Å². The van der Waals surface area contributed by atoms with Gasteiger partial charge in [0, 0.05) is 0 Å². The average molecular weight is 983 g/mol. The molecule has 10 atom stereocenters. The maximum absolute atomic E-state index is 12.7. The van der Waals surface area contributed by atoms with Crippen molar-refractivity contribution in [1.29, 1.82) is 0 Å². The van der Waals surface area contributed by atoms with Crippen LogP contribution in [0, 0.1) is 47.3 Å². The topological polar surface area (TPSA) is 354 Å². The number of carboxylic acid groups (broad SMARTS) is 4. The fourth-order valence-corrected chi connectivity index (χ4v) is 7.11. The smallest absolute Gasteiger partial charge is 0.309 e. The molecule has 0 aromatic carbocycles. The van der Waals surface area contributed by atoms with E-state index < -0.39 is 121 Å². The van der Waals surface area contributed by atoms with Crippen LogP contribution in [-0.2, 0) is 66.8 Å². The normalized spacial score (nSPS) is 15.8. The fourth-order valence-electron chi connectivity index (χ4n) is 7.11. The monoisotopic (exact) mass is 982 g/mol. The Labute approximate surface area is 397 Å². The molecule has 10 unspecified atom stereocenters. The molecular formula is C46H78O22. The average Bonchev–Trinajstić information content (AvgIpc) is 3.29. The van der Waals surface area contributed by atoms with Gasteiger partial charge in [0.1, 0.15) is 38.6 Å². The van der Waals surface area contributed by atoms with Crippen LogP contribution in [0.2, 0.25) is 0 Å². The minimum Gasteiger partial charge on any atom is -0.481 e. The highest BCUT2D eigenvalue weighted by atomic mass is 16.6. The van der Waals surface area contributed by atoms with Gasteiger partial charge in [-0.3, -0.25) is 38.4 Å². The van der Waals surface area contributed by atoms with Crippen LogP contribution in [0.5, 0.6) is 0 Å². The van der Waals surface area contributed by atoms with Gasteiger partial charge in [0.15, 0.2) is 0 Å². The van der Waals surface area contributed by atoms with Crippen molar-refractivity contribution in [3.05, 3.63) is 0 Å². The molecule has 394 valence electrons. The van der Waals surface area contributed by atoms with Gasteiger partial charge in [0.05, 0.1) is 87.0 Å². The molecule has 0 rings (SSSR count). The lowest BCUT2D eigenvalue weighted by atomic mass is 9.86. The standard InChI is InChI=1S/C46H78O22/c1-5-31(45(61)66-22-20-48)11-13-35(41(55)56)17-16-34(40(53)54)10-8-30(4)44(60)67-27-37(49)25-63-23-24-64-26-38(50)28-68-46(62)32(6-2)12-14-36(42(57)58)18-15-33(39(51)52)9-7-29(3)43(59)65-21-19-47/h29-38,47-50H,5-28H2,1-4H3,(H,51,52)(H,53,54)(H,55,56)(H,57,58). The molecule has 0 aliphatic carbocycles. The zero-order valence-electron chi connectivity index (χ0n) is 40.0. The van der Waals surface area contributed by atoms with Gasteiger partial charge in [-0.2, -0.15) is 0 Å². The highest BCUT2D eigenvalue weighted by Gasteiger charge is 2.30. The van der Waals surface area contributed by atoms with Crippen LogP contribution < -0.4 is 0 Å². The summed E-state index contributed by atoms with van der Waals surface area (Å²) in [4.78, 5) is 97.0. The second kappa shape index (κ2) is 37.4. The number of hydrogen-bond acceptors (Lipinski definition) is 18. The second-order valence-electron chi connectivity index (χ2n) is 17.1. The molecule has 0 heterocycles. The second-order valence-corrected chi connectivity index (χ2v) is 17.1. The first kappa shape index (κ1) is 63.5. The van der Waals surface area contributed by atoms with Crippen molar-refractivity contribution < 1.29 is 108 Å². The van der Waals surface area contributed by atoms with E-state index in [0.717, 1.165) is 0 Å². The molecule has 0 radical (unpaired) electrons. The van der Waals surface area contributed by atoms with Crippen LogP contribution in [0.3, 0.4) is 0 Å². The number of carbonyl (C=O) groups excluding carboxylic acids is 4. The number of carbonyl (C=O) groups is 8. The summed E-state index contributed by atoms with van der Waals surface area (Å²) < 4.78 is 30.9. The summed E-state index contributed by atoms with van der Waals surface area (Å²) in [5.74, 6) is -13.1. The van der Waals surface area contributed by atoms with E-state index in [4.69, 9.17) is 38.6 Å². The van der Waals surface area contributed by atoms with Crippen molar-refractivity contribution in [2.75, 3.05) is 66.1 Å². The van der Waals surface area contributed by atoms with Gasteiger partial charge in [0.2, 0.25) is 0 Å². The van der Waals surface area contributed by atoms with Crippen LogP contribution in [0.25, 0.3) is 0 Å². The molecule has 0 amide bonds. The molecule has 0 bridgehead atoms. The summed E-state index contributed by atoms with van der Waals surface area (Å²) in [7, 11) is 0. The van der Waals surface area contributed by atoms with Crippen LogP contribution in [0.15, 0.2) is 0 Å². The summed E-state index contributed by atoms with van der Waals surface area (Å²) in [5.41, 5.74) is 0. The van der Waals surface area contributed by atoms with Gasteiger partial charge in [-0.1, -0.05) is 27.7 Å². The molecular weight excluding hydrogens is 904 g/mol. The van der Waals surface area contributed by atoms with Gasteiger partial charge in [-0.05, 0) is 89.9 Å². The van der Waals surface area contributed by atoms with E-state index in [-0.39, 0.29) is 130 Å². The minimum absolute atomic E-state index is 0.0150. The Hall–Kier alpha value is -4.48. The predicted octanol–water partition coefficient (Wildman–Crippen LogP) is 2.71. The molecule has 0 aliphatic rings. The maximum Gasteiger partial charge on any atom is 0.309 e. The highest BCUT2D eigenvalue weighted by Crippen LogP contribution is 2.28. The zero-order chi connectivity index (χ0) is 51.6. The van der Waals surface area contributed by atoms with Crippen LogP contribution >= 0.6 is 0 Å². The van der Waals surface area contributed by atoms with E-state index in [1.54, 1.807) is 20.8 Å².